The van der Waals surface area contributed by atoms with E-state index in [2.05, 4.69) is 27.8 Å². The van der Waals surface area contributed by atoms with E-state index in [9.17, 15) is 9.59 Å². The second-order valence-corrected chi connectivity index (χ2v) is 8.21. The van der Waals surface area contributed by atoms with E-state index in [1.54, 1.807) is 24.3 Å². The zero-order valence-electron chi connectivity index (χ0n) is 19.0. The van der Waals surface area contributed by atoms with Crippen LogP contribution in [0.4, 0.5) is 0 Å². The Bertz CT molecular complexity index is 1510. The van der Waals surface area contributed by atoms with E-state index in [1.165, 1.54) is 4.68 Å². The number of aromatic nitrogens is 5. The van der Waals surface area contributed by atoms with Crippen LogP contribution < -0.4 is 10.9 Å². The molecular formula is C27H24N6O2. The van der Waals surface area contributed by atoms with Gasteiger partial charge in [0.15, 0.2) is 0 Å². The van der Waals surface area contributed by atoms with Crippen LogP contribution in [0.25, 0.3) is 22.2 Å². The van der Waals surface area contributed by atoms with Gasteiger partial charge in [0.2, 0.25) is 5.91 Å². The number of hydrogen-bond acceptors (Lipinski definition) is 5. The fourth-order valence-electron chi connectivity index (χ4n) is 3.94. The Kier molecular flexibility index (Phi) is 6.43. The standard InChI is InChI=1S/C27H24N6O2/c34-25(15-16-33-27(35)23-13-7-8-14-24(23)29-31-33)28-17-22-19-32(18-20-9-3-1-4-10-20)30-26(22)21-11-5-2-6-12-21/h1-14,19H,15-18H2,(H,28,34). The molecule has 5 rings (SSSR count). The maximum absolute atomic E-state index is 12.6. The highest BCUT2D eigenvalue weighted by atomic mass is 16.2. The highest BCUT2D eigenvalue weighted by Crippen LogP contribution is 2.22. The molecule has 3 aromatic carbocycles. The second kappa shape index (κ2) is 10.1. The molecule has 8 heteroatoms. The average molecular weight is 465 g/mol. The molecule has 0 aliphatic rings. The molecule has 0 saturated carbocycles. The van der Waals surface area contributed by atoms with Gasteiger partial charge in [-0.1, -0.05) is 78.0 Å². The topological polar surface area (TPSA) is 94.7 Å². The normalized spacial score (nSPS) is 11.0. The molecule has 1 N–H and O–H groups in total. The highest BCUT2D eigenvalue weighted by Gasteiger charge is 2.13. The molecule has 0 aliphatic carbocycles. The first-order valence-corrected chi connectivity index (χ1v) is 11.4. The van der Waals surface area contributed by atoms with Gasteiger partial charge >= 0.3 is 0 Å². The van der Waals surface area contributed by atoms with Crippen molar-refractivity contribution < 1.29 is 4.79 Å². The van der Waals surface area contributed by atoms with Gasteiger partial charge in [0, 0.05) is 30.3 Å². The fourth-order valence-corrected chi connectivity index (χ4v) is 3.94. The van der Waals surface area contributed by atoms with Crippen molar-refractivity contribution in [1.82, 2.24) is 30.1 Å². The van der Waals surface area contributed by atoms with Crippen LogP contribution in [0.3, 0.4) is 0 Å². The van der Waals surface area contributed by atoms with Gasteiger partial charge in [0.1, 0.15) is 5.52 Å². The van der Waals surface area contributed by atoms with Crippen LogP contribution in [0.15, 0.2) is 95.9 Å². The molecule has 0 fully saturated rings. The van der Waals surface area contributed by atoms with Gasteiger partial charge in [-0.05, 0) is 17.7 Å². The zero-order chi connectivity index (χ0) is 24.0. The van der Waals surface area contributed by atoms with Crippen molar-refractivity contribution in [1.29, 1.82) is 0 Å². The molecule has 8 nitrogen and oxygen atoms in total. The Morgan fingerprint density at radius 2 is 1.60 bits per heavy atom. The van der Waals surface area contributed by atoms with E-state index in [1.807, 2.05) is 59.4 Å². The molecule has 0 spiro atoms. The Balaban J connectivity index is 1.28. The summed E-state index contributed by atoms with van der Waals surface area (Å²) in [5, 5.41) is 16.3. The lowest BCUT2D eigenvalue weighted by molar-refractivity contribution is -0.121. The number of fused-ring (bicyclic) bond motifs is 1. The zero-order valence-corrected chi connectivity index (χ0v) is 19.0. The first kappa shape index (κ1) is 22.2. The molecule has 0 aliphatic heterocycles. The molecule has 0 radical (unpaired) electrons. The summed E-state index contributed by atoms with van der Waals surface area (Å²) >= 11 is 0. The van der Waals surface area contributed by atoms with Crippen LogP contribution in [0.5, 0.6) is 0 Å². The molecule has 1 amide bonds. The third-order valence-corrected chi connectivity index (χ3v) is 5.73. The molecule has 2 aromatic heterocycles. The predicted molar refractivity (Wildman–Crippen MR) is 133 cm³/mol. The van der Waals surface area contributed by atoms with Gasteiger partial charge in [-0.2, -0.15) is 5.10 Å². The first-order valence-electron chi connectivity index (χ1n) is 11.4. The summed E-state index contributed by atoms with van der Waals surface area (Å²) in [5.41, 5.74) is 4.17. The number of rotatable bonds is 8. The van der Waals surface area contributed by atoms with Crippen LogP contribution in [-0.2, 0) is 24.4 Å². The number of aryl methyl sites for hydroxylation is 1. The summed E-state index contributed by atoms with van der Waals surface area (Å²) in [7, 11) is 0. The fraction of sp³-hybridized carbons (Fsp3) is 0.148. The molecule has 174 valence electrons. The number of nitrogens with zero attached hydrogens (tertiary/aromatic N) is 5. The summed E-state index contributed by atoms with van der Waals surface area (Å²) in [6.45, 7) is 1.12. The minimum absolute atomic E-state index is 0.117. The van der Waals surface area contributed by atoms with Gasteiger partial charge in [-0.3, -0.25) is 14.3 Å². The van der Waals surface area contributed by atoms with Crippen molar-refractivity contribution in [2.24, 2.45) is 0 Å². The molecular weight excluding hydrogens is 440 g/mol. The quantitative estimate of drug-likeness (QED) is 0.380. The Labute approximate surface area is 201 Å². The molecule has 0 atom stereocenters. The Morgan fingerprint density at radius 1 is 0.886 bits per heavy atom. The number of nitrogens with one attached hydrogen (secondary N) is 1. The third-order valence-electron chi connectivity index (χ3n) is 5.73. The molecule has 0 saturated heterocycles. The Hall–Kier alpha value is -4.59. The largest absolute Gasteiger partial charge is 0.352 e. The van der Waals surface area contributed by atoms with Crippen LogP contribution >= 0.6 is 0 Å². The van der Waals surface area contributed by atoms with E-state index < -0.39 is 0 Å². The second-order valence-electron chi connectivity index (χ2n) is 8.21. The lowest BCUT2D eigenvalue weighted by Crippen LogP contribution is -2.29. The van der Waals surface area contributed by atoms with Gasteiger partial charge in [0.25, 0.3) is 5.56 Å². The van der Waals surface area contributed by atoms with Crippen molar-refractivity contribution in [2.75, 3.05) is 0 Å². The molecule has 2 heterocycles. The highest BCUT2D eigenvalue weighted by molar-refractivity contribution is 5.77. The van der Waals surface area contributed by atoms with Crippen molar-refractivity contribution >= 4 is 16.8 Å². The monoisotopic (exact) mass is 464 g/mol. The van der Waals surface area contributed by atoms with E-state index in [0.717, 1.165) is 22.4 Å². The van der Waals surface area contributed by atoms with Crippen molar-refractivity contribution in [3.8, 4) is 11.3 Å². The summed E-state index contributed by atoms with van der Waals surface area (Å²) < 4.78 is 3.12. The van der Waals surface area contributed by atoms with Crippen molar-refractivity contribution in [2.45, 2.75) is 26.1 Å². The van der Waals surface area contributed by atoms with E-state index in [0.29, 0.717) is 24.0 Å². The van der Waals surface area contributed by atoms with Gasteiger partial charge < -0.3 is 5.32 Å². The lowest BCUT2D eigenvalue weighted by Gasteiger charge is -2.07. The number of hydrogen-bond donors (Lipinski definition) is 1. The maximum atomic E-state index is 12.6. The smallest absolute Gasteiger partial charge is 0.277 e. The summed E-state index contributed by atoms with van der Waals surface area (Å²) in [6.07, 6.45) is 2.08. The number of amides is 1. The van der Waals surface area contributed by atoms with Crippen LogP contribution in [0.1, 0.15) is 17.5 Å². The van der Waals surface area contributed by atoms with Gasteiger partial charge in [-0.25, -0.2) is 4.68 Å². The molecule has 0 unspecified atom stereocenters. The van der Waals surface area contributed by atoms with E-state index in [4.69, 9.17) is 5.10 Å². The third kappa shape index (κ3) is 5.16. The summed E-state index contributed by atoms with van der Waals surface area (Å²) in [4.78, 5) is 25.2. The molecule has 0 bridgehead atoms. The molecule has 35 heavy (non-hydrogen) atoms. The lowest BCUT2D eigenvalue weighted by atomic mass is 10.1. The molecule has 5 aromatic rings. The van der Waals surface area contributed by atoms with Crippen LogP contribution in [0.2, 0.25) is 0 Å². The van der Waals surface area contributed by atoms with E-state index in [-0.39, 0.29) is 24.4 Å². The SMILES string of the molecule is O=C(CCn1nnc2ccccc2c1=O)NCc1cn(Cc2ccccc2)nc1-c1ccccc1. The van der Waals surface area contributed by atoms with Gasteiger partial charge in [0.05, 0.1) is 24.2 Å². The predicted octanol–water partition coefficient (Wildman–Crippen LogP) is 3.41. The van der Waals surface area contributed by atoms with E-state index >= 15 is 0 Å². The Morgan fingerprint density at radius 3 is 2.40 bits per heavy atom. The average Bonchev–Trinajstić information content (AvgIpc) is 3.31. The summed E-state index contributed by atoms with van der Waals surface area (Å²) in [5.74, 6) is -0.179. The summed E-state index contributed by atoms with van der Waals surface area (Å²) in [6, 6.07) is 27.1. The number of carbonyl (C=O) groups is 1. The van der Waals surface area contributed by atoms with Crippen LogP contribution in [-0.4, -0.2) is 30.7 Å². The van der Waals surface area contributed by atoms with Crippen LogP contribution in [0, 0.1) is 0 Å². The van der Waals surface area contributed by atoms with Crippen molar-refractivity contribution in [3.05, 3.63) is 113 Å². The van der Waals surface area contributed by atoms with Crippen molar-refractivity contribution in [3.63, 3.8) is 0 Å². The minimum atomic E-state index is -0.253. The minimum Gasteiger partial charge on any atom is -0.352 e. The maximum Gasteiger partial charge on any atom is 0.277 e. The van der Waals surface area contributed by atoms with Gasteiger partial charge in [-0.15, -0.1) is 5.10 Å². The number of carbonyl (C=O) groups excluding carboxylic acids is 1. The first-order chi connectivity index (χ1) is 17.2. The number of benzene rings is 3.